The van der Waals surface area contributed by atoms with Crippen LogP contribution in [0.4, 0.5) is 15.3 Å². The standard InChI is InChI=1S/C50H53N7O8/c1-26(2)44(54-49(60)63-4)48(59)57-40-18-31(40)19-41(57)38-20-35-34-21-43-36(17-29(34)12-14-37(35)52-38)33-13-11-30(16-32(33)25-65-43)39-22-51-46(53-39)42-15-27(24-62-3)23-56(42)47(58)45(55-50(61)64-5)28-9-7-6-8-10-28/h6-14,16-17,21-22,26-27,31,40-42,44-45H,15,18-20,23-25H2,1-5H3,(H,51,53)(H,54,60)(H,55,61)/t27-,31-,40-,41-,42-,44-,45+/m0/s1. The van der Waals surface area contributed by atoms with Gasteiger partial charge < -0.3 is 44.4 Å². The minimum atomic E-state index is -0.943. The van der Waals surface area contributed by atoms with Crippen LogP contribution in [0, 0.1) is 17.8 Å². The van der Waals surface area contributed by atoms with Gasteiger partial charge in [-0.2, -0.15) is 0 Å². The molecule has 7 atom stereocenters. The number of likely N-dealkylation sites (tertiary alicyclic amines) is 2. The SMILES string of the molecule is COC[C@H]1C[C@@H](c2ncc(-c3ccc4c(c3)COc3cc5c6c(ccc5cc3-4)N=C([C@@H]3C[C@@H]4C[C@@H]4N3C(=O)[C@@H](NC(=O)OC)C(C)C)C6)[nH]2)N(C(=O)[C@H](NC(=O)OC)c2ccccc2)C1. The summed E-state index contributed by atoms with van der Waals surface area (Å²) in [7, 11) is 4.24. The fourth-order valence-corrected chi connectivity index (χ4v) is 10.5. The first-order valence-electron chi connectivity index (χ1n) is 22.4. The summed E-state index contributed by atoms with van der Waals surface area (Å²) >= 11 is 0. The lowest BCUT2D eigenvalue weighted by Gasteiger charge is -2.33. The Bertz CT molecular complexity index is 2730. The summed E-state index contributed by atoms with van der Waals surface area (Å²) in [5, 5.41) is 7.69. The van der Waals surface area contributed by atoms with Gasteiger partial charge in [0.1, 0.15) is 30.3 Å². The van der Waals surface area contributed by atoms with Gasteiger partial charge in [-0.25, -0.2) is 14.6 Å². The second-order valence-electron chi connectivity index (χ2n) is 18.2. The molecule has 2 saturated heterocycles. The molecule has 1 aromatic heterocycles. The van der Waals surface area contributed by atoms with Gasteiger partial charge in [-0.3, -0.25) is 14.6 Å². The van der Waals surface area contributed by atoms with Gasteiger partial charge in [-0.05, 0) is 94.0 Å². The quantitative estimate of drug-likeness (QED) is 0.122. The number of aromatic nitrogens is 2. The molecule has 0 radical (unpaired) electrons. The molecule has 3 fully saturated rings. The lowest BCUT2D eigenvalue weighted by atomic mass is 9.90. The van der Waals surface area contributed by atoms with Gasteiger partial charge in [0.2, 0.25) is 5.91 Å². The van der Waals surface area contributed by atoms with Crippen molar-refractivity contribution < 1.29 is 38.1 Å². The molecule has 5 aliphatic rings. The molecule has 3 N–H and O–H groups in total. The van der Waals surface area contributed by atoms with Crippen molar-refractivity contribution in [3.8, 4) is 28.1 Å². The van der Waals surface area contributed by atoms with Crippen LogP contribution in [0.2, 0.25) is 0 Å². The van der Waals surface area contributed by atoms with Crippen molar-refractivity contribution in [3.63, 3.8) is 0 Å². The molecule has 0 unspecified atom stereocenters. The second-order valence-corrected chi connectivity index (χ2v) is 18.2. The third-order valence-corrected chi connectivity index (χ3v) is 13.9. The number of alkyl carbamates (subject to hydrolysis) is 2. The number of nitrogens with zero attached hydrogens (tertiary/aromatic N) is 4. The van der Waals surface area contributed by atoms with Crippen LogP contribution >= 0.6 is 0 Å². The summed E-state index contributed by atoms with van der Waals surface area (Å²) < 4.78 is 21.8. The summed E-state index contributed by atoms with van der Waals surface area (Å²) in [5.74, 6) is 1.55. The number of rotatable bonds is 11. The van der Waals surface area contributed by atoms with Crippen molar-refractivity contribution in [2.45, 2.75) is 76.3 Å². The number of ether oxygens (including phenoxy) is 4. The average Bonchev–Trinajstić information content (AvgIpc) is 3.79. The summed E-state index contributed by atoms with van der Waals surface area (Å²) in [6.45, 7) is 5.18. The van der Waals surface area contributed by atoms with Crippen LogP contribution in [-0.2, 0) is 36.8 Å². The fourth-order valence-electron chi connectivity index (χ4n) is 10.5. The maximum absolute atomic E-state index is 14.3. The summed E-state index contributed by atoms with van der Waals surface area (Å²) in [6.07, 6.45) is 3.64. The van der Waals surface area contributed by atoms with Gasteiger partial charge in [0.25, 0.3) is 5.91 Å². The van der Waals surface area contributed by atoms with E-state index in [1.165, 1.54) is 14.2 Å². The summed E-state index contributed by atoms with van der Waals surface area (Å²) in [4.78, 5) is 70.3. The summed E-state index contributed by atoms with van der Waals surface area (Å²) in [5.41, 5.74) is 8.59. The fraction of sp³-hybridized carbons (Fsp3) is 0.400. The van der Waals surface area contributed by atoms with E-state index in [2.05, 4.69) is 58.1 Å². The van der Waals surface area contributed by atoms with Crippen LogP contribution in [0.3, 0.4) is 0 Å². The number of fused-ring (bicyclic) bond motifs is 7. The van der Waals surface area contributed by atoms with Crippen LogP contribution in [0.5, 0.6) is 5.75 Å². The smallest absolute Gasteiger partial charge is 0.407 e. The van der Waals surface area contributed by atoms with Crippen molar-refractivity contribution in [2.24, 2.45) is 22.7 Å². The highest BCUT2D eigenvalue weighted by Crippen LogP contribution is 2.51. The molecule has 4 aromatic carbocycles. The van der Waals surface area contributed by atoms with E-state index < -0.39 is 24.3 Å². The highest BCUT2D eigenvalue weighted by Gasteiger charge is 2.56. The van der Waals surface area contributed by atoms with Crippen LogP contribution in [0.15, 0.2) is 84.0 Å². The van der Waals surface area contributed by atoms with Gasteiger partial charge in [-0.15, -0.1) is 0 Å². The molecule has 1 saturated carbocycles. The number of carbonyl (C=O) groups is 4. The number of hydrogen-bond donors (Lipinski definition) is 3. The zero-order valence-corrected chi connectivity index (χ0v) is 37.1. The van der Waals surface area contributed by atoms with Crippen molar-refractivity contribution in [1.82, 2.24) is 30.4 Å². The van der Waals surface area contributed by atoms with Gasteiger partial charge in [0, 0.05) is 43.3 Å². The van der Waals surface area contributed by atoms with E-state index in [1.54, 1.807) is 18.2 Å². The molecule has 0 spiro atoms. The molecule has 15 heteroatoms. The predicted octanol–water partition coefficient (Wildman–Crippen LogP) is 7.42. The van der Waals surface area contributed by atoms with Crippen LogP contribution in [0.1, 0.15) is 67.7 Å². The third-order valence-electron chi connectivity index (χ3n) is 13.9. The Labute approximate surface area is 376 Å². The molecule has 5 aromatic rings. The van der Waals surface area contributed by atoms with Gasteiger partial charge in [0.05, 0.1) is 50.5 Å². The van der Waals surface area contributed by atoms with Gasteiger partial charge in [0.15, 0.2) is 0 Å². The number of benzene rings is 4. The van der Waals surface area contributed by atoms with E-state index >= 15 is 0 Å². The Balaban J connectivity index is 0.883. The maximum Gasteiger partial charge on any atom is 0.407 e. The van der Waals surface area contributed by atoms with Crippen molar-refractivity contribution >= 4 is 46.2 Å². The van der Waals surface area contributed by atoms with Gasteiger partial charge in [-0.1, -0.05) is 62.4 Å². The monoisotopic (exact) mass is 879 g/mol. The molecule has 336 valence electrons. The van der Waals surface area contributed by atoms with Crippen LogP contribution in [0.25, 0.3) is 33.2 Å². The third kappa shape index (κ3) is 7.74. The van der Waals surface area contributed by atoms with E-state index in [-0.39, 0.29) is 41.8 Å². The number of aliphatic imine (C=N–C) groups is 1. The van der Waals surface area contributed by atoms with Crippen molar-refractivity contribution in [1.29, 1.82) is 0 Å². The largest absolute Gasteiger partial charge is 0.488 e. The Morgan fingerprint density at radius 1 is 0.877 bits per heavy atom. The lowest BCUT2D eigenvalue weighted by Crippen LogP contribution is -2.55. The van der Waals surface area contributed by atoms with E-state index in [0.29, 0.717) is 49.9 Å². The molecule has 10 rings (SSSR count). The van der Waals surface area contributed by atoms with E-state index in [4.69, 9.17) is 28.9 Å². The maximum atomic E-state index is 14.3. The van der Waals surface area contributed by atoms with E-state index in [1.807, 2.05) is 49.1 Å². The molecule has 0 bridgehead atoms. The topological polar surface area (TPSA) is 177 Å². The number of H-pyrrole nitrogens is 1. The molecule has 4 aliphatic heterocycles. The first-order valence-corrected chi connectivity index (χ1v) is 22.4. The number of imidazole rings is 1. The number of aromatic amines is 1. The van der Waals surface area contributed by atoms with Crippen LogP contribution < -0.4 is 15.4 Å². The zero-order valence-electron chi connectivity index (χ0n) is 37.1. The minimum Gasteiger partial charge on any atom is -0.488 e. The van der Waals surface area contributed by atoms with E-state index in [0.717, 1.165) is 74.3 Å². The van der Waals surface area contributed by atoms with Crippen molar-refractivity contribution in [3.05, 3.63) is 102 Å². The van der Waals surface area contributed by atoms with Gasteiger partial charge >= 0.3 is 12.2 Å². The molecular formula is C50H53N7O8. The predicted molar refractivity (Wildman–Crippen MR) is 243 cm³/mol. The Kier molecular flexibility index (Phi) is 11.0. The zero-order chi connectivity index (χ0) is 45.1. The highest BCUT2D eigenvalue weighted by molar-refractivity contribution is 6.07. The molecular weight excluding hydrogens is 827 g/mol. The number of piperidine rings is 1. The van der Waals surface area contributed by atoms with Crippen LogP contribution in [-0.4, -0.2) is 102 Å². The number of nitrogens with one attached hydrogen (secondary N) is 3. The number of hydrogen-bond acceptors (Lipinski definition) is 10. The molecule has 4 amide bonds. The summed E-state index contributed by atoms with van der Waals surface area (Å²) in [6, 6.07) is 22.1. The number of methoxy groups -OCH3 is 3. The Hall–Kier alpha value is -6.74. The number of amides is 4. The second kappa shape index (κ2) is 17.0. The lowest BCUT2D eigenvalue weighted by molar-refractivity contribution is -0.135. The molecule has 65 heavy (non-hydrogen) atoms. The average molecular weight is 880 g/mol. The Morgan fingerprint density at radius 2 is 1.68 bits per heavy atom. The molecule has 1 aliphatic carbocycles. The first kappa shape index (κ1) is 42.2. The molecule has 5 heterocycles. The molecule has 15 nitrogen and oxygen atoms in total. The minimum absolute atomic E-state index is 0.0735. The Morgan fingerprint density at radius 3 is 2.45 bits per heavy atom. The number of carbonyl (C=O) groups excluding carboxylic acids is 4. The van der Waals surface area contributed by atoms with E-state index in [9.17, 15) is 19.2 Å². The normalized spacial score (nSPS) is 22.2. The first-order chi connectivity index (χ1) is 31.5. The van der Waals surface area contributed by atoms with Crippen molar-refractivity contribution in [2.75, 3.05) is 34.5 Å². The highest BCUT2D eigenvalue weighted by atomic mass is 16.5.